The first-order valence-corrected chi connectivity index (χ1v) is 5.60. The topological polar surface area (TPSA) is 15.3 Å². The van der Waals surface area contributed by atoms with Gasteiger partial charge in [0.15, 0.2) is 0 Å². The summed E-state index contributed by atoms with van der Waals surface area (Å²) in [6, 6.07) is 5.91. The van der Waals surface area contributed by atoms with Crippen molar-refractivity contribution >= 4 is 5.69 Å². The molecule has 0 bridgehead atoms. The Morgan fingerprint density at radius 1 is 1.33 bits per heavy atom. The number of para-hydroxylation sites is 1. The lowest BCUT2D eigenvalue weighted by Gasteiger charge is -2.41. The van der Waals surface area contributed by atoms with E-state index in [-0.39, 0.29) is 5.82 Å². The molecule has 0 radical (unpaired) electrons. The molecule has 3 rings (SSSR count). The van der Waals surface area contributed by atoms with E-state index in [1.54, 1.807) is 6.07 Å². The zero-order valence-corrected chi connectivity index (χ0v) is 8.67. The summed E-state index contributed by atoms with van der Waals surface area (Å²) in [5.74, 6) is -0.116. The molecule has 1 unspecified atom stereocenters. The van der Waals surface area contributed by atoms with Gasteiger partial charge in [0, 0.05) is 12.6 Å². The van der Waals surface area contributed by atoms with Crippen molar-refractivity contribution in [2.75, 3.05) is 25.0 Å². The van der Waals surface area contributed by atoms with Gasteiger partial charge in [-0.3, -0.25) is 4.90 Å². The van der Waals surface area contributed by atoms with Crippen molar-refractivity contribution < 1.29 is 4.39 Å². The highest BCUT2D eigenvalue weighted by Crippen LogP contribution is 2.27. The van der Waals surface area contributed by atoms with Crippen LogP contribution in [0.15, 0.2) is 18.2 Å². The molecular formula is C12H15FN2. The first kappa shape index (κ1) is 9.16. The second-order valence-corrected chi connectivity index (χ2v) is 4.40. The number of benzene rings is 1. The molecule has 2 aliphatic heterocycles. The summed E-state index contributed by atoms with van der Waals surface area (Å²) in [5.41, 5.74) is 1.84. The predicted molar refractivity (Wildman–Crippen MR) is 58.6 cm³/mol. The van der Waals surface area contributed by atoms with Gasteiger partial charge in [-0.2, -0.15) is 0 Å². The Kier molecular flexibility index (Phi) is 2.13. The summed E-state index contributed by atoms with van der Waals surface area (Å²) < 4.78 is 13.4. The highest BCUT2D eigenvalue weighted by atomic mass is 19.1. The van der Waals surface area contributed by atoms with Crippen molar-refractivity contribution in [3.05, 3.63) is 29.6 Å². The van der Waals surface area contributed by atoms with Gasteiger partial charge in [0.1, 0.15) is 5.82 Å². The molecule has 0 aromatic heterocycles. The maximum Gasteiger partial charge on any atom is 0.146 e. The number of likely N-dealkylation sites (tertiary alicyclic amines) is 1. The highest BCUT2D eigenvalue weighted by molar-refractivity contribution is 5.54. The molecule has 0 saturated carbocycles. The van der Waals surface area contributed by atoms with Crippen LogP contribution in [-0.4, -0.2) is 30.6 Å². The lowest BCUT2D eigenvalue weighted by molar-refractivity contribution is 0.122. The van der Waals surface area contributed by atoms with Crippen LogP contribution in [0.1, 0.15) is 12.0 Å². The van der Waals surface area contributed by atoms with Crippen LogP contribution in [-0.2, 0) is 6.42 Å². The Morgan fingerprint density at radius 2 is 2.20 bits per heavy atom. The Balaban J connectivity index is 1.83. The van der Waals surface area contributed by atoms with Gasteiger partial charge >= 0.3 is 0 Å². The number of fused-ring (bicyclic) bond motifs is 1. The van der Waals surface area contributed by atoms with Crippen molar-refractivity contribution in [1.82, 2.24) is 4.90 Å². The molecule has 0 aliphatic carbocycles. The van der Waals surface area contributed by atoms with Crippen LogP contribution in [0.5, 0.6) is 0 Å². The normalized spacial score (nSPS) is 25.3. The standard InChI is InChI=1S/C12H15FN2/c13-11-4-1-3-9-7-10(8-14-12(9)11)15-5-2-6-15/h1,3-4,10,14H,2,5-8H2. The summed E-state index contributed by atoms with van der Waals surface area (Å²) in [6.07, 6.45) is 2.30. The largest absolute Gasteiger partial charge is 0.381 e. The molecule has 2 nitrogen and oxygen atoms in total. The third-order valence-corrected chi connectivity index (χ3v) is 3.48. The number of halogens is 1. The zero-order valence-electron chi connectivity index (χ0n) is 8.67. The maximum atomic E-state index is 13.4. The van der Waals surface area contributed by atoms with Crippen LogP contribution in [0.2, 0.25) is 0 Å². The van der Waals surface area contributed by atoms with E-state index in [9.17, 15) is 4.39 Å². The van der Waals surface area contributed by atoms with Gasteiger partial charge in [0.2, 0.25) is 0 Å². The molecule has 1 aromatic rings. The minimum absolute atomic E-state index is 0.116. The van der Waals surface area contributed by atoms with Crippen molar-refractivity contribution in [2.45, 2.75) is 18.9 Å². The second-order valence-electron chi connectivity index (χ2n) is 4.40. The Morgan fingerprint density at radius 3 is 2.93 bits per heavy atom. The van der Waals surface area contributed by atoms with Gasteiger partial charge < -0.3 is 5.32 Å². The van der Waals surface area contributed by atoms with Gasteiger partial charge in [0.25, 0.3) is 0 Å². The summed E-state index contributed by atoms with van der Waals surface area (Å²) in [6.45, 7) is 3.29. The number of hydrogen-bond donors (Lipinski definition) is 1. The first-order chi connectivity index (χ1) is 7.34. The van der Waals surface area contributed by atoms with E-state index in [2.05, 4.69) is 10.2 Å². The van der Waals surface area contributed by atoms with Crippen LogP contribution in [0.25, 0.3) is 0 Å². The molecule has 1 aromatic carbocycles. The molecule has 15 heavy (non-hydrogen) atoms. The molecule has 1 N–H and O–H groups in total. The van der Waals surface area contributed by atoms with Crippen molar-refractivity contribution in [3.63, 3.8) is 0 Å². The molecule has 0 amide bonds. The number of rotatable bonds is 1. The van der Waals surface area contributed by atoms with E-state index in [0.717, 1.165) is 18.5 Å². The summed E-state index contributed by atoms with van der Waals surface area (Å²) in [4.78, 5) is 2.47. The quantitative estimate of drug-likeness (QED) is 0.754. The van der Waals surface area contributed by atoms with Crippen LogP contribution >= 0.6 is 0 Å². The van der Waals surface area contributed by atoms with Crippen molar-refractivity contribution in [3.8, 4) is 0 Å². The minimum atomic E-state index is -0.116. The molecule has 3 heteroatoms. The van der Waals surface area contributed by atoms with E-state index < -0.39 is 0 Å². The zero-order chi connectivity index (χ0) is 10.3. The van der Waals surface area contributed by atoms with Crippen molar-refractivity contribution in [2.24, 2.45) is 0 Å². The van der Waals surface area contributed by atoms with Crippen LogP contribution in [0, 0.1) is 5.82 Å². The van der Waals surface area contributed by atoms with Crippen LogP contribution in [0.4, 0.5) is 10.1 Å². The van der Waals surface area contributed by atoms with E-state index in [1.807, 2.05) is 6.07 Å². The highest BCUT2D eigenvalue weighted by Gasteiger charge is 2.28. The molecule has 2 aliphatic rings. The van der Waals surface area contributed by atoms with Gasteiger partial charge in [-0.15, -0.1) is 0 Å². The van der Waals surface area contributed by atoms with E-state index in [0.29, 0.717) is 11.7 Å². The second kappa shape index (κ2) is 3.49. The van der Waals surface area contributed by atoms with Gasteiger partial charge in [-0.25, -0.2) is 4.39 Å². The monoisotopic (exact) mass is 206 g/mol. The Bertz CT molecular complexity index is 374. The summed E-state index contributed by atoms with van der Waals surface area (Å²) in [7, 11) is 0. The molecule has 80 valence electrons. The summed E-state index contributed by atoms with van der Waals surface area (Å²) in [5, 5.41) is 3.21. The number of hydrogen-bond acceptors (Lipinski definition) is 2. The lowest BCUT2D eigenvalue weighted by atomic mass is 9.96. The Labute approximate surface area is 89.1 Å². The first-order valence-electron chi connectivity index (χ1n) is 5.60. The van der Waals surface area contributed by atoms with Gasteiger partial charge in [-0.1, -0.05) is 12.1 Å². The molecule has 0 spiro atoms. The third-order valence-electron chi connectivity index (χ3n) is 3.48. The third kappa shape index (κ3) is 1.51. The number of anilines is 1. The number of nitrogens with one attached hydrogen (secondary N) is 1. The lowest BCUT2D eigenvalue weighted by Crippen LogP contribution is -2.50. The average molecular weight is 206 g/mol. The summed E-state index contributed by atoms with van der Waals surface area (Å²) >= 11 is 0. The fourth-order valence-electron chi connectivity index (χ4n) is 2.45. The molecular weight excluding hydrogens is 191 g/mol. The fraction of sp³-hybridized carbons (Fsp3) is 0.500. The van der Waals surface area contributed by atoms with E-state index in [1.165, 1.54) is 25.6 Å². The van der Waals surface area contributed by atoms with Crippen LogP contribution in [0.3, 0.4) is 0 Å². The predicted octanol–water partition coefficient (Wildman–Crippen LogP) is 1.87. The molecule has 1 saturated heterocycles. The van der Waals surface area contributed by atoms with Gasteiger partial charge in [0.05, 0.1) is 5.69 Å². The maximum absolute atomic E-state index is 13.4. The minimum Gasteiger partial charge on any atom is -0.381 e. The average Bonchev–Trinajstić information content (AvgIpc) is 2.15. The van der Waals surface area contributed by atoms with E-state index in [4.69, 9.17) is 0 Å². The van der Waals surface area contributed by atoms with Crippen molar-refractivity contribution in [1.29, 1.82) is 0 Å². The smallest absolute Gasteiger partial charge is 0.146 e. The Hall–Kier alpha value is -1.09. The fourth-order valence-corrected chi connectivity index (χ4v) is 2.45. The van der Waals surface area contributed by atoms with Gasteiger partial charge in [-0.05, 0) is 37.6 Å². The van der Waals surface area contributed by atoms with E-state index >= 15 is 0 Å². The molecule has 1 fully saturated rings. The van der Waals surface area contributed by atoms with Crippen LogP contribution < -0.4 is 5.32 Å². The molecule has 1 atom stereocenters. The number of nitrogens with zero attached hydrogens (tertiary/aromatic N) is 1. The SMILES string of the molecule is Fc1cccc2c1NCC(N1CCC1)C2. The molecule has 2 heterocycles.